The lowest BCUT2D eigenvalue weighted by atomic mass is 9.99. The zero-order chi connectivity index (χ0) is 68.5. The van der Waals surface area contributed by atoms with Gasteiger partial charge in [0.05, 0.1) is 37.8 Å². The average Bonchev–Trinajstić information content (AvgIpc) is 0.828. The van der Waals surface area contributed by atoms with Crippen molar-refractivity contribution in [3.05, 3.63) is 165 Å². The Balaban J connectivity index is 1.08. The number of hydrogen-bond donors (Lipinski definition) is 0. The lowest BCUT2D eigenvalue weighted by Gasteiger charge is -2.38. The van der Waals surface area contributed by atoms with Crippen LogP contribution in [0.25, 0.3) is 33.6 Å². The van der Waals surface area contributed by atoms with E-state index in [4.69, 9.17) is 38.4 Å². The van der Waals surface area contributed by atoms with Gasteiger partial charge in [-0.3, -0.25) is 9.97 Å². The Morgan fingerprint density at radius 1 is 0.385 bits per heavy atom. The molecule has 4 heterocycles. The molecular formula is C86H112N2O6Si2. The molecule has 6 aromatic rings. The summed E-state index contributed by atoms with van der Waals surface area (Å²) in [6, 6.07) is 34.5. The molecule has 8 rings (SSSR count). The average molecular weight is 1330 g/mol. The van der Waals surface area contributed by atoms with Gasteiger partial charge >= 0.3 is 0 Å². The molecule has 0 radical (unpaired) electrons. The van der Waals surface area contributed by atoms with Crippen molar-refractivity contribution in [1.82, 2.24) is 9.97 Å². The molecule has 10 heteroatoms. The fourth-order valence-electron chi connectivity index (χ4n) is 14.5. The van der Waals surface area contributed by atoms with Crippen molar-refractivity contribution < 1.29 is 28.4 Å². The molecule has 2 fully saturated rings. The highest BCUT2D eigenvalue weighted by atomic mass is 28.3. The van der Waals surface area contributed by atoms with Gasteiger partial charge in [0.1, 0.15) is 16.1 Å². The first-order chi connectivity index (χ1) is 46.4. The molecule has 2 aliphatic heterocycles. The van der Waals surface area contributed by atoms with E-state index in [9.17, 15) is 0 Å². The van der Waals surface area contributed by atoms with Crippen LogP contribution in [-0.2, 0) is 54.8 Å². The molecule has 510 valence electrons. The lowest BCUT2D eigenvalue weighted by Crippen LogP contribution is -2.43. The van der Waals surface area contributed by atoms with Crippen LogP contribution in [0.4, 0.5) is 0 Å². The fraction of sp³-hybridized carbons (Fsp3) is 0.512. The van der Waals surface area contributed by atoms with Crippen LogP contribution in [0, 0.1) is 46.6 Å². The van der Waals surface area contributed by atoms with E-state index in [2.05, 4.69) is 241 Å². The Hall–Kier alpha value is -6.39. The van der Waals surface area contributed by atoms with E-state index in [1.54, 1.807) is 0 Å². The third kappa shape index (κ3) is 21.8. The molecule has 4 aromatic carbocycles. The Bertz CT molecular complexity index is 3390. The molecule has 2 saturated heterocycles. The first-order valence-electron chi connectivity index (χ1n) is 36.6. The molecule has 2 atom stereocenters. The molecule has 0 spiro atoms. The number of rotatable bonds is 29. The highest BCUT2D eigenvalue weighted by Gasteiger charge is 2.43. The molecule has 2 aromatic heterocycles. The first-order valence-corrected chi connectivity index (χ1v) is 41.1. The molecule has 96 heavy (non-hydrogen) atoms. The van der Waals surface area contributed by atoms with E-state index >= 15 is 0 Å². The molecule has 2 unspecified atom stereocenters. The maximum absolute atomic E-state index is 6.36. The van der Waals surface area contributed by atoms with E-state index < -0.39 is 16.1 Å². The molecule has 2 aliphatic rings. The Labute approximate surface area is 582 Å². The standard InChI is InChI=1S/C86H112N2O6Si2/c1-15-17-19-23-39-89-59-77-49-71(31-29-69-45-73(37-43-95(63(3)4,64(5)6)65(7)8)51-75(47-69)61-93-85-27-21-25-41-91-85)53-81(55-77)79-33-35-83(87-57-79)84-36-34-80(58-88-84)82-54-72(50-78(56-82)60-90-40-24-20-18-16-2)32-30-70-46-74(38-44-96(66(9)10,67(11)12)68(13)14)52-76(48-70)62-94-86-28-22-26-42-92-86/h33-36,45-58,63-68,85-86H,15-28,39-42,59-62H2,1-14H3. The van der Waals surface area contributed by atoms with Gasteiger partial charge in [0.15, 0.2) is 12.6 Å². The van der Waals surface area contributed by atoms with E-state index in [0.717, 1.165) is 167 Å². The van der Waals surface area contributed by atoms with Crippen molar-refractivity contribution >= 4 is 16.1 Å². The third-order valence-corrected chi connectivity index (χ3v) is 32.3. The van der Waals surface area contributed by atoms with Crippen LogP contribution in [0.5, 0.6) is 0 Å². The van der Waals surface area contributed by atoms with Crippen molar-refractivity contribution in [1.29, 1.82) is 0 Å². The second-order valence-corrected chi connectivity index (χ2v) is 39.9. The Kier molecular flexibility index (Phi) is 29.9. The van der Waals surface area contributed by atoms with E-state index in [-0.39, 0.29) is 12.6 Å². The van der Waals surface area contributed by atoms with E-state index in [1.165, 1.54) is 38.5 Å². The minimum absolute atomic E-state index is 0.191. The molecule has 0 amide bonds. The summed E-state index contributed by atoms with van der Waals surface area (Å²) in [7, 11) is -3.98. The zero-order valence-electron chi connectivity index (χ0n) is 60.9. The van der Waals surface area contributed by atoms with Crippen molar-refractivity contribution in [3.63, 3.8) is 0 Å². The highest BCUT2D eigenvalue weighted by molar-refractivity contribution is 6.91. The predicted octanol–water partition coefficient (Wildman–Crippen LogP) is 21.7. The van der Waals surface area contributed by atoms with Crippen LogP contribution in [0.2, 0.25) is 33.2 Å². The summed E-state index contributed by atoms with van der Waals surface area (Å²) >= 11 is 0. The largest absolute Gasteiger partial charge is 0.377 e. The zero-order valence-corrected chi connectivity index (χ0v) is 62.9. The summed E-state index contributed by atoms with van der Waals surface area (Å²) in [5.74, 6) is 21.7. The Morgan fingerprint density at radius 2 is 0.729 bits per heavy atom. The summed E-state index contributed by atoms with van der Waals surface area (Å²) in [4.78, 5) is 10.1. The van der Waals surface area contributed by atoms with Crippen LogP contribution >= 0.6 is 0 Å². The second-order valence-electron chi connectivity index (χ2n) is 28.8. The van der Waals surface area contributed by atoms with Gasteiger partial charge in [-0.1, -0.05) is 183 Å². The number of nitrogens with zero attached hydrogens (tertiary/aromatic N) is 2. The first kappa shape index (κ1) is 75.4. The van der Waals surface area contributed by atoms with Crippen LogP contribution in [-0.4, -0.2) is 65.1 Å². The van der Waals surface area contributed by atoms with Gasteiger partial charge in [0, 0.05) is 83.3 Å². The topological polar surface area (TPSA) is 81.2 Å². The number of benzene rings is 4. The summed E-state index contributed by atoms with van der Waals surface area (Å²) in [5.41, 5.74) is 26.5. The number of ether oxygens (including phenoxy) is 6. The van der Waals surface area contributed by atoms with Gasteiger partial charge < -0.3 is 28.4 Å². The summed E-state index contributed by atoms with van der Waals surface area (Å²) in [5, 5.41) is 0. The molecule has 0 saturated carbocycles. The second kappa shape index (κ2) is 38.1. The normalized spacial score (nSPS) is 15.1. The number of pyridine rings is 2. The van der Waals surface area contributed by atoms with Crippen molar-refractivity contribution in [2.75, 3.05) is 26.4 Å². The van der Waals surface area contributed by atoms with Gasteiger partial charge in [-0.2, -0.15) is 0 Å². The van der Waals surface area contributed by atoms with E-state index in [1.807, 2.05) is 12.4 Å². The fourth-order valence-corrected chi connectivity index (χ4v) is 25.0. The monoisotopic (exact) mass is 1320 g/mol. The minimum Gasteiger partial charge on any atom is -0.377 e. The molecule has 0 bridgehead atoms. The predicted molar refractivity (Wildman–Crippen MR) is 403 cm³/mol. The van der Waals surface area contributed by atoms with Crippen LogP contribution in [0.15, 0.2) is 109 Å². The molecule has 0 N–H and O–H groups in total. The highest BCUT2D eigenvalue weighted by Crippen LogP contribution is 2.42. The SMILES string of the molecule is CCCCCCOCc1cc(C#Cc2cc(C#C[Si](C(C)C)(C(C)C)C(C)C)cc(COC3CCCCO3)c2)cc(-c2ccc(-c3ccc(-c4cc(C#Cc5cc(C#C[Si](C(C)C)(C(C)C)C(C)C)cc(COC6CCCCO6)c5)cc(COCCCCCC)c4)cn3)nc2)c1. The molecule has 0 aliphatic carbocycles. The molecule has 8 nitrogen and oxygen atoms in total. The quantitative estimate of drug-likeness (QED) is 0.0261. The van der Waals surface area contributed by atoms with Gasteiger partial charge in [-0.25, -0.2) is 0 Å². The smallest absolute Gasteiger partial charge is 0.158 e. The maximum Gasteiger partial charge on any atom is 0.158 e. The van der Waals surface area contributed by atoms with Crippen molar-refractivity contribution in [3.8, 4) is 80.3 Å². The van der Waals surface area contributed by atoms with Crippen molar-refractivity contribution in [2.24, 2.45) is 0 Å². The van der Waals surface area contributed by atoms with Crippen LogP contribution < -0.4 is 0 Å². The van der Waals surface area contributed by atoms with Crippen LogP contribution in [0.1, 0.15) is 242 Å². The summed E-state index contributed by atoms with van der Waals surface area (Å²) < 4.78 is 37.3. The van der Waals surface area contributed by atoms with E-state index in [0.29, 0.717) is 59.7 Å². The maximum atomic E-state index is 6.36. The number of hydrogen-bond acceptors (Lipinski definition) is 8. The van der Waals surface area contributed by atoms with Gasteiger partial charge in [-0.05, 0) is 203 Å². The summed E-state index contributed by atoms with van der Waals surface area (Å²) in [6.45, 7) is 37.6. The number of aromatic nitrogens is 2. The lowest BCUT2D eigenvalue weighted by molar-refractivity contribution is -0.169. The summed E-state index contributed by atoms with van der Waals surface area (Å²) in [6.07, 6.45) is 19.0. The van der Waals surface area contributed by atoms with Gasteiger partial charge in [-0.15, -0.1) is 11.1 Å². The van der Waals surface area contributed by atoms with Gasteiger partial charge in [0.2, 0.25) is 0 Å². The molecular weight excluding hydrogens is 1210 g/mol. The van der Waals surface area contributed by atoms with Crippen LogP contribution in [0.3, 0.4) is 0 Å². The Morgan fingerprint density at radius 3 is 1.04 bits per heavy atom. The van der Waals surface area contributed by atoms with Crippen molar-refractivity contribution in [2.45, 2.75) is 259 Å². The minimum atomic E-state index is -1.99. The third-order valence-electron chi connectivity index (χ3n) is 19.7. The van der Waals surface area contributed by atoms with Gasteiger partial charge in [0.25, 0.3) is 0 Å². The number of unbranched alkanes of at least 4 members (excludes halogenated alkanes) is 6.